The summed E-state index contributed by atoms with van der Waals surface area (Å²) in [5.41, 5.74) is 0.935. The molecule has 0 atom stereocenters. The molecule has 0 aliphatic rings. The molecule has 0 aliphatic heterocycles. The molecular weight excluding hydrogens is 388 g/mol. The summed E-state index contributed by atoms with van der Waals surface area (Å²) in [5.74, 6) is 0.539. The normalized spacial score (nSPS) is 10.8. The highest BCUT2D eigenvalue weighted by Crippen LogP contribution is 2.36. The summed E-state index contributed by atoms with van der Waals surface area (Å²) in [6, 6.07) is 4.83. The summed E-state index contributed by atoms with van der Waals surface area (Å²) in [4.78, 5) is 23.5. The van der Waals surface area contributed by atoms with Gasteiger partial charge in [0, 0.05) is 6.08 Å². The van der Waals surface area contributed by atoms with Crippen molar-refractivity contribution >= 4 is 29.6 Å². The third-order valence-electron chi connectivity index (χ3n) is 3.68. The van der Waals surface area contributed by atoms with Crippen LogP contribution < -0.4 is 9.47 Å². The number of benzene rings is 1. The fourth-order valence-electron chi connectivity index (χ4n) is 2.40. The van der Waals surface area contributed by atoms with E-state index in [0.29, 0.717) is 45.8 Å². The largest absolute Gasteiger partial charge is 0.493 e. The monoisotopic (exact) mass is 408 g/mol. The van der Waals surface area contributed by atoms with Crippen LogP contribution in [0.2, 0.25) is 5.02 Å². The van der Waals surface area contributed by atoms with Crippen LogP contribution in [-0.4, -0.2) is 32.8 Å². The second-order valence-corrected chi connectivity index (χ2v) is 5.99. The van der Waals surface area contributed by atoms with Gasteiger partial charge in [-0.2, -0.15) is 0 Å². The third-order valence-corrected chi connectivity index (χ3v) is 3.96. The molecule has 1 aromatic heterocycles. The van der Waals surface area contributed by atoms with Crippen molar-refractivity contribution in [3.8, 4) is 11.5 Å². The number of halogens is 1. The standard InChI is InChI=1S/C20H21ClO7/c1-5-26-19-16(21)8-13(9-17(19)24-3)6-7-18(22)27-11-14-10-15(12(2)28-14)20(23)25-4/h6-10H,5,11H2,1-4H3/b7-6+. The van der Waals surface area contributed by atoms with Gasteiger partial charge in [0.25, 0.3) is 0 Å². The second-order valence-electron chi connectivity index (χ2n) is 5.58. The van der Waals surface area contributed by atoms with Crippen molar-refractivity contribution in [2.45, 2.75) is 20.5 Å². The Labute approximate surface area is 167 Å². The van der Waals surface area contributed by atoms with Crippen LogP contribution in [0.5, 0.6) is 11.5 Å². The van der Waals surface area contributed by atoms with Gasteiger partial charge < -0.3 is 23.4 Å². The van der Waals surface area contributed by atoms with E-state index in [1.165, 1.54) is 26.4 Å². The van der Waals surface area contributed by atoms with E-state index in [2.05, 4.69) is 4.74 Å². The first-order valence-corrected chi connectivity index (χ1v) is 8.80. The maximum atomic E-state index is 11.9. The van der Waals surface area contributed by atoms with Gasteiger partial charge in [-0.25, -0.2) is 9.59 Å². The zero-order chi connectivity index (χ0) is 20.7. The van der Waals surface area contributed by atoms with Crippen LogP contribution in [0.4, 0.5) is 0 Å². The van der Waals surface area contributed by atoms with Crippen molar-refractivity contribution in [3.05, 3.63) is 51.9 Å². The lowest BCUT2D eigenvalue weighted by molar-refractivity contribution is -0.139. The molecule has 0 fully saturated rings. The van der Waals surface area contributed by atoms with E-state index in [4.69, 9.17) is 30.2 Å². The number of rotatable bonds is 8. The maximum absolute atomic E-state index is 11.9. The summed E-state index contributed by atoms with van der Waals surface area (Å²) in [6.45, 7) is 3.80. The molecule has 0 radical (unpaired) electrons. The van der Waals surface area contributed by atoms with E-state index in [0.717, 1.165) is 0 Å². The van der Waals surface area contributed by atoms with Gasteiger partial charge in [0.15, 0.2) is 11.5 Å². The molecule has 8 heteroatoms. The molecule has 2 aromatic rings. The fourth-order valence-corrected chi connectivity index (χ4v) is 2.68. The molecule has 2 rings (SSSR count). The van der Waals surface area contributed by atoms with Crippen molar-refractivity contribution in [3.63, 3.8) is 0 Å². The van der Waals surface area contributed by atoms with E-state index < -0.39 is 11.9 Å². The van der Waals surface area contributed by atoms with Crippen LogP contribution in [0, 0.1) is 6.92 Å². The predicted molar refractivity (Wildman–Crippen MR) is 103 cm³/mol. The highest BCUT2D eigenvalue weighted by Gasteiger charge is 2.16. The number of aryl methyl sites for hydroxylation is 1. The Morgan fingerprint density at radius 3 is 2.61 bits per heavy atom. The van der Waals surface area contributed by atoms with Gasteiger partial charge >= 0.3 is 11.9 Å². The van der Waals surface area contributed by atoms with Crippen molar-refractivity contribution in [2.24, 2.45) is 0 Å². The molecule has 28 heavy (non-hydrogen) atoms. The summed E-state index contributed by atoms with van der Waals surface area (Å²) in [6.07, 6.45) is 2.79. The Morgan fingerprint density at radius 2 is 1.96 bits per heavy atom. The molecule has 0 bridgehead atoms. The SMILES string of the molecule is CCOc1c(Cl)cc(/C=C/C(=O)OCc2cc(C(=O)OC)c(C)o2)cc1OC. The van der Waals surface area contributed by atoms with Crippen molar-refractivity contribution < 1.29 is 33.0 Å². The zero-order valence-electron chi connectivity index (χ0n) is 16.0. The predicted octanol–water partition coefficient (Wildman–Crippen LogP) is 4.19. The highest BCUT2D eigenvalue weighted by molar-refractivity contribution is 6.32. The average molecular weight is 409 g/mol. The number of carbonyl (C=O) groups excluding carboxylic acids is 2. The molecule has 0 spiro atoms. The molecule has 1 aromatic carbocycles. The highest BCUT2D eigenvalue weighted by atomic mass is 35.5. The average Bonchev–Trinajstić information content (AvgIpc) is 3.06. The minimum atomic E-state index is -0.586. The van der Waals surface area contributed by atoms with Crippen LogP contribution in [0.1, 0.15) is 34.4 Å². The number of hydrogen-bond donors (Lipinski definition) is 0. The molecule has 0 unspecified atom stereocenters. The van der Waals surface area contributed by atoms with E-state index in [9.17, 15) is 9.59 Å². The minimum Gasteiger partial charge on any atom is -0.493 e. The maximum Gasteiger partial charge on any atom is 0.341 e. The molecule has 0 aliphatic carbocycles. The number of methoxy groups -OCH3 is 2. The quantitative estimate of drug-likeness (QED) is 0.478. The molecule has 0 saturated heterocycles. The Hall–Kier alpha value is -2.93. The Morgan fingerprint density at radius 1 is 1.21 bits per heavy atom. The molecule has 7 nitrogen and oxygen atoms in total. The van der Waals surface area contributed by atoms with Crippen molar-refractivity contribution in [1.82, 2.24) is 0 Å². The minimum absolute atomic E-state index is 0.117. The van der Waals surface area contributed by atoms with E-state index in [1.54, 1.807) is 25.1 Å². The first-order chi connectivity index (χ1) is 13.4. The molecule has 0 amide bonds. The molecule has 0 saturated carbocycles. The lowest BCUT2D eigenvalue weighted by Gasteiger charge is -2.11. The van der Waals surface area contributed by atoms with E-state index in [1.807, 2.05) is 6.92 Å². The van der Waals surface area contributed by atoms with Crippen LogP contribution in [0.25, 0.3) is 6.08 Å². The third kappa shape index (κ3) is 5.29. The molecular formula is C20H21ClO7. The van der Waals surface area contributed by atoms with Gasteiger partial charge in [-0.15, -0.1) is 0 Å². The van der Waals surface area contributed by atoms with Crippen LogP contribution in [-0.2, 0) is 20.9 Å². The number of carbonyl (C=O) groups is 2. The summed E-state index contributed by atoms with van der Waals surface area (Å²) in [5, 5.41) is 0.371. The number of esters is 2. The fraction of sp³-hybridized carbons (Fsp3) is 0.300. The zero-order valence-corrected chi connectivity index (χ0v) is 16.8. The van der Waals surface area contributed by atoms with Crippen molar-refractivity contribution in [2.75, 3.05) is 20.8 Å². The number of ether oxygens (including phenoxy) is 4. The molecule has 0 N–H and O–H groups in total. The smallest absolute Gasteiger partial charge is 0.341 e. The van der Waals surface area contributed by atoms with Gasteiger partial charge in [-0.3, -0.25) is 0 Å². The topological polar surface area (TPSA) is 84.2 Å². The first-order valence-electron chi connectivity index (χ1n) is 8.42. The number of furan rings is 1. The lowest BCUT2D eigenvalue weighted by atomic mass is 10.2. The Bertz CT molecular complexity index is 883. The van der Waals surface area contributed by atoms with Gasteiger partial charge in [0.1, 0.15) is 23.7 Å². The van der Waals surface area contributed by atoms with E-state index in [-0.39, 0.29) is 6.61 Å². The Balaban J connectivity index is 2.02. The summed E-state index contributed by atoms with van der Waals surface area (Å²) in [7, 11) is 2.78. The summed E-state index contributed by atoms with van der Waals surface area (Å²) < 4.78 is 25.9. The lowest BCUT2D eigenvalue weighted by Crippen LogP contribution is -2.01. The summed E-state index contributed by atoms with van der Waals surface area (Å²) >= 11 is 6.20. The number of hydrogen-bond acceptors (Lipinski definition) is 7. The molecule has 150 valence electrons. The second kappa shape index (κ2) is 9.85. The van der Waals surface area contributed by atoms with E-state index >= 15 is 0 Å². The van der Waals surface area contributed by atoms with Gasteiger partial charge in [-0.05, 0) is 43.7 Å². The van der Waals surface area contributed by atoms with Gasteiger partial charge in [0.2, 0.25) is 0 Å². The van der Waals surface area contributed by atoms with Gasteiger partial charge in [0.05, 0.1) is 25.8 Å². The first kappa shape index (κ1) is 21.4. The van der Waals surface area contributed by atoms with Gasteiger partial charge in [-0.1, -0.05) is 11.6 Å². The van der Waals surface area contributed by atoms with Crippen LogP contribution in [0.3, 0.4) is 0 Å². The Kier molecular flexibility index (Phi) is 7.52. The van der Waals surface area contributed by atoms with Crippen molar-refractivity contribution in [1.29, 1.82) is 0 Å². The van der Waals surface area contributed by atoms with Crippen LogP contribution in [0.15, 0.2) is 28.7 Å². The van der Waals surface area contributed by atoms with Crippen LogP contribution >= 0.6 is 11.6 Å². The molecule has 1 heterocycles.